The number of nitrogens with one attached hydrogen (secondary N) is 1. The molecule has 2 heterocycles. The topological polar surface area (TPSA) is 56.3 Å². The van der Waals surface area contributed by atoms with Crippen molar-refractivity contribution in [1.29, 1.82) is 0 Å². The van der Waals surface area contributed by atoms with Gasteiger partial charge in [0, 0.05) is 19.3 Å². The van der Waals surface area contributed by atoms with Crippen LogP contribution in [0, 0.1) is 0 Å². The minimum atomic E-state index is 0.207. The highest BCUT2D eigenvalue weighted by Crippen LogP contribution is 2.14. The van der Waals surface area contributed by atoms with E-state index in [0.717, 1.165) is 25.1 Å². The van der Waals surface area contributed by atoms with E-state index in [2.05, 4.69) is 15.3 Å². The van der Waals surface area contributed by atoms with E-state index in [9.17, 15) is 0 Å². The molecule has 0 bridgehead atoms. The van der Waals surface area contributed by atoms with Crippen molar-refractivity contribution in [2.75, 3.05) is 20.3 Å². The highest BCUT2D eigenvalue weighted by molar-refractivity contribution is 5.08. The summed E-state index contributed by atoms with van der Waals surface area (Å²) in [5, 5.41) is 3.03. The Bertz CT molecular complexity index is 340. The fraction of sp³-hybridized carbons (Fsp3) is 0.667. The largest absolute Gasteiger partial charge is 0.474 e. The molecular weight excluding hydrogens is 218 g/mol. The number of rotatable bonds is 5. The highest BCUT2D eigenvalue weighted by atomic mass is 16.5. The zero-order valence-electron chi connectivity index (χ0n) is 10.2. The van der Waals surface area contributed by atoms with Gasteiger partial charge in [-0.3, -0.25) is 4.98 Å². The highest BCUT2D eigenvalue weighted by Gasteiger charge is 2.14. The molecule has 0 aromatic carbocycles. The maximum Gasteiger partial charge on any atom is 0.232 e. The summed E-state index contributed by atoms with van der Waals surface area (Å²) in [5.41, 5.74) is 0.884. The predicted molar refractivity (Wildman–Crippen MR) is 63.9 cm³/mol. The first-order valence-corrected chi connectivity index (χ1v) is 6.08. The van der Waals surface area contributed by atoms with E-state index in [1.807, 2.05) is 7.05 Å². The van der Waals surface area contributed by atoms with Crippen molar-refractivity contribution in [1.82, 2.24) is 15.3 Å². The minimum absolute atomic E-state index is 0.207. The minimum Gasteiger partial charge on any atom is -0.474 e. The van der Waals surface area contributed by atoms with Crippen LogP contribution in [0.5, 0.6) is 5.88 Å². The van der Waals surface area contributed by atoms with Crippen LogP contribution in [0.15, 0.2) is 12.4 Å². The maximum atomic E-state index is 5.61. The third kappa shape index (κ3) is 3.94. The summed E-state index contributed by atoms with van der Waals surface area (Å²) in [6.45, 7) is 2.11. The molecule has 17 heavy (non-hydrogen) atoms. The summed E-state index contributed by atoms with van der Waals surface area (Å²) in [6, 6.07) is 0. The molecule has 1 fully saturated rings. The third-order valence-corrected chi connectivity index (χ3v) is 2.71. The molecule has 0 amide bonds. The second-order valence-corrected chi connectivity index (χ2v) is 4.18. The monoisotopic (exact) mass is 237 g/mol. The smallest absolute Gasteiger partial charge is 0.232 e. The predicted octanol–water partition coefficient (Wildman–Crippen LogP) is 1.14. The summed E-state index contributed by atoms with van der Waals surface area (Å²) in [4.78, 5) is 8.44. The molecule has 5 heteroatoms. The van der Waals surface area contributed by atoms with E-state index in [-0.39, 0.29) is 6.10 Å². The summed E-state index contributed by atoms with van der Waals surface area (Å²) < 4.78 is 11.2. The van der Waals surface area contributed by atoms with E-state index in [1.54, 1.807) is 12.4 Å². The van der Waals surface area contributed by atoms with Gasteiger partial charge in [0.25, 0.3) is 0 Å². The lowest BCUT2D eigenvalue weighted by atomic mass is 10.1. The van der Waals surface area contributed by atoms with Crippen LogP contribution < -0.4 is 10.1 Å². The van der Waals surface area contributed by atoms with Gasteiger partial charge in [0.1, 0.15) is 6.61 Å². The molecule has 0 spiro atoms. The fourth-order valence-electron chi connectivity index (χ4n) is 1.84. The van der Waals surface area contributed by atoms with Crippen LogP contribution in [0.1, 0.15) is 25.0 Å². The Kier molecular flexibility index (Phi) is 4.70. The zero-order chi connectivity index (χ0) is 11.9. The van der Waals surface area contributed by atoms with Crippen LogP contribution in [-0.2, 0) is 11.3 Å². The van der Waals surface area contributed by atoms with Gasteiger partial charge >= 0.3 is 0 Å². The molecule has 1 N–H and O–H groups in total. The first-order chi connectivity index (χ1) is 8.38. The van der Waals surface area contributed by atoms with Gasteiger partial charge in [0.2, 0.25) is 5.88 Å². The second kappa shape index (κ2) is 6.51. The average molecular weight is 237 g/mol. The number of nitrogens with zero attached hydrogens (tertiary/aromatic N) is 2. The molecule has 2 rings (SSSR count). The van der Waals surface area contributed by atoms with Gasteiger partial charge in [0.15, 0.2) is 0 Å². The van der Waals surface area contributed by atoms with Crippen LogP contribution >= 0.6 is 0 Å². The van der Waals surface area contributed by atoms with Gasteiger partial charge in [-0.25, -0.2) is 4.98 Å². The Labute approximate surface area is 102 Å². The first kappa shape index (κ1) is 12.3. The van der Waals surface area contributed by atoms with Crippen molar-refractivity contribution in [3.63, 3.8) is 0 Å². The Morgan fingerprint density at radius 1 is 1.47 bits per heavy atom. The fourth-order valence-corrected chi connectivity index (χ4v) is 1.84. The van der Waals surface area contributed by atoms with Crippen LogP contribution in [0.2, 0.25) is 0 Å². The summed E-state index contributed by atoms with van der Waals surface area (Å²) >= 11 is 0. The molecule has 1 aromatic heterocycles. The number of ether oxygens (including phenoxy) is 2. The van der Waals surface area contributed by atoms with Crippen LogP contribution in [-0.4, -0.2) is 36.3 Å². The van der Waals surface area contributed by atoms with E-state index >= 15 is 0 Å². The second-order valence-electron chi connectivity index (χ2n) is 4.18. The molecular formula is C12H19N3O2. The van der Waals surface area contributed by atoms with Crippen molar-refractivity contribution in [2.24, 2.45) is 0 Å². The molecule has 1 saturated heterocycles. The summed E-state index contributed by atoms with van der Waals surface area (Å²) in [7, 11) is 1.88. The quantitative estimate of drug-likeness (QED) is 0.832. The normalized spacial score (nSPS) is 20.2. The summed E-state index contributed by atoms with van der Waals surface area (Å²) in [5.74, 6) is 0.576. The lowest BCUT2D eigenvalue weighted by Crippen LogP contribution is -2.26. The van der Waals surface area contributed by atoms with Crippen molar-refractivity contribution < 1.29 is 9.47 Å². The molecule has 1 atom stereocenters. The van der Waals surface area contributed by atoms with E-state index in [0.29, 0.717) is 19.0 Å². The van der Waals surface area contributed by atoms with Gasteiger partial charge in [-0.05, 0) is 26.3 Å². The Morgan fingerprint density at radius 3 is 3.18 bits per heavy atom. The van der Waals surface area contributed by atoms with Gasteiger partial charge in [-0.1, -0.05) is 0 Å². The molecule has 1 aliphatic heterocycles. The third-order valence-electron chi connectivity index (χ3n) is 2.71. The van der Waals surface area contributed by atoms with Gasteiger partial charge in [0.05, 0.1) is 18.0 Å². The van der Waals surface area contributed by atoms with Crippen LogP contribution in [0.3, 0.4) is 0 Å². The molecule has 0 radical (unpaired) electrons. The number of hydrogen-bond acceptors (Lipinski definition) is 5. The molecule has 94 valence electrons. The molecule has 0 aliphatic carbocycles. The van der Waals surface area contributed by atoms with E-state index in [4.69, 9.17) is 9.47 Å². The summed E-state index contributed by atoms with van der Waals surface area (Å²) in [6.07, 6.45) is 7.04. The molecule has 1 unspecified atom stereocenters. The van der Waals surface area contributed by atoms with Gasteiger partial charge < -0.3 is 14.8 Å². The van der Waals surface area contributed by atoms with Crippen LogP contribution in [0.25, 0.3) is 0 Å². The average Bonchev–Trinajstić information content (AvgIpc) is 2.39. The van der Waals surface area contributed by atoms with Crippen molar-refractivity contribution >= 4 is 0 Å². The first-order valence-electron chi connectivity index (χ1n) is 6.08. The number of aromatic nitrogens is 2. The van der Waals surface area contributed by atoms with E-state index < -0.39 is 0 Å². The van der Waals surface area contributed by atoms with Gasteiger partial charge in [-0.15, -0.1) is 0 Å². The Morgan fingerprint density at radius 2 is 2.41 bits per heavy atom. The molecule has 1 aromatic rings. The number of hydrogen-bond donors (Lipinski definition) is 1. The Balaban J connectivity index is 1.83. The van der Waals surface area contributed by atoms with Crippen molar-refractivity contribution in [3.05, 3.63) is 18.1 Å². The Hall–Kier alpha value is -1.20. The van der Waals surface area contributed by atoms with Crippen molar-refractivity contribution in [3.8, 4) is 5.88 Å². The lowest BCUT2D eigenvalue weighted by molar-refractivity contribution is -0.0120. The SMILES string of the molecule is CNCc1cncc(OCC2CCCCO2)n1. The van der Waals surface area contributed by atoms with Gasteiger partial charge in [-0.2, -0.15) is 0 Å². The molecule has 5 nitrogen and oxygen atoms in total. The zero-order valence-corrected chi connectivity index (χ0v) is 10.2. The standard InChI is InChI=1S/C12H19N3O2/c1-13-6-10-7-14-8-12(15-10)17-9-11-4-2-3-5-16-11/h7-8,11,13H,2-6,9H2,1H3. The van der Waals surface area contributed by atoms with Crippen molar-refractivity contribution in [2.45, 2.75) is 31.9 Å². The van der Waals surface area contributed by atoms with Crippen LogP contribution in [0.4, 0.5) is 0 Å². The lowest BCUT2D eigenvalue weighted by Gasteiger charge is -2.22. The van der Waals surface area contributed by atoms with E-state index in [1.165, 1.54) is 6.42 Å². The molecule has 1 aliphatic rings. The maximum absolute atomic E-state index is 5.61. The molecule has 0 saturated carbocycles.